The van der Waals surface area contributed by atoms with Crippen LogP contribution in [0.15, 0.2) is 0 Å². The highest BCUT2D eigenvalue weighted by Crippen LogP contribution is 2.17. The first-order chi connectivity index (χ1) is 4.87. The van der Waals surface area contributed by atoms with E-state index in [-0.39, 0.29) is 10.5 Å². The highest BCUT2D eigenvalue weighted by molar-refractivity contribution is 7.81. The summed E-state index contributed by atoms with van der Waals surface area (Å²) < 4.78 is -0.377. The quantitative estimate of drug-likeness (QED) is 0.657. The van der Waals surface area contributed by atoms with Crippen molar-refractivity contribution in [3.63, 3.8) is 0 Å². The van der Waals surface area contributed by atoms with E-state index in [9.17, 15) is 4.79 Å². The van der Waals surface area contributed by atoms with Crippen LogP contribution in [-0.4, -0.2) is 22.3 Å². The third kappa shape index (κ3) is 5.58. The van der Waals surface area contributed by atoms with Crippen LogP contribution in [0.25, 0.3) is 0 Å². The molecular formula is C7H14NOS2. The number of thiol groups is 1. The molecule has 0 amide bonds. The van der Waals surface area contributed by atoms with Crippen molar-refractivity contribution in [3.8, 4) is 0 Å². The molecule has 1 atom stereocenters. The van der Waals surface area contributed by atoms with E-state index in [1.165, 1.54) is 0 Å². The second kappa shape index (κ2) is 4.38. The van der Waals surface area contributed by atoms with E-state index in [0.29, 0.717) is 12.2 Å². The molecule has 0 aliphatic rings. The Kier molecular flexibility index (Phi) is 4.51. The summed E-state index contributed by atoms with van der Waals surface area (Å²) in [5.74, 6) is 0.393. The summed E-state index contributed by atoms with van der Waals surface area (Å²) in [5, 5.41) is 0. The fourth-order valence-electron chi connectivity index (χ4n) is 0.653. The van der Waals surface area contributed by atoms with Gasteiger partial charge in [0.15, 0.2) is 5.78 Å². The lowest BCUT2D eigenvalue weighted by atomic mass is 10.0. The van der Waals surface area contributed by atoms with Gasteiger partial charge in [-0.2, -0.15) is 12.6 Å². The summed E-state index contributed by atoms with van der Waals surface area (Å²) in [4.78, 5) is 11.1. The molecule has 0 aromatic heterocycles. The number of carbonyl (C=O) groups is 1. The van der Waals surface area contributed by atoms with Gasteiger partial charge in [-0.05, 0) is 13.8 Å². The second-order valence-electron chi connectivity index (χ2n) is 3.19. The van der Waals surface area contributed by atoms with Gasteiger partial charge >= 0.3 is 0 Å². The maximum atomic E-state index is 11.1. The Bertz CT molecular complexity index is 142. The Morgan fingerprint density at radius 3 is 2.45 bits per heavy atom. The molecule has 65 valence electrons. The molecule has 2 N–H and O–H groups in total. The Morgan fingerprint density at radius 2 is 2.18 bits per heavy atom. The first-order valence-corrected chi connectivity index (χ1v) is 4.50. The standard InChI is InChI=1S/C7H14NOS2/c1-7(2,11)3-6(9)5(8)4-10/h5,10H,3-4,8H2,1-2H3/t5-/m0/s1. The molecule has 4 heteroatoms. The van der Waals surface area contributed by atoms with Crippen molar-refractivity contribution >= 4 is 31.0 Å². The van der Waals surface area contributed by atoms with Gasteiger partial charge in [0.25, 0.3) is 0 Å². The Balaban J connectivity index is 3.88. The summed E-state index contributed by atoms with van der Waals surface area (Å²) in [6, 6.07) is -0.458. The molecule has 0 aliphatic carbocycles. The van der Waals surface area contributed by atoms with Crippen molar-refractivity contribution in [1.82, 2.24) is 0 Å². The lowest BCUT2D eigenvalue weighted by Gasteiger charge is -2.16. The van der Waals surface area contributed by atoms with Gasteiger partial charge in [-0.15, -0.1) is 0 Å². The number of carbonyl (C=O) groups excluding carboxylic acids is 1. The Labute approximate surface area is 78.7 Å². The van der Waals surface area contributed by atoms with Crippen LogP contribution in [0.5, 0.6) is 0 Å². The van der Waals surface area contributed by atoms with E-state index in [1.54, 1.807) is 0 Å². The number of ketones is 1. The van der Waals surface area contributed by atoms with Crippen LogP contribution in [-0.2, 0) is 4.79 Å². The molecule has 2 nitrogen and oxygen atoms in total. The molecule has 0 bridgehead atoms. The third-order valence-corrected chi connectivity index (χ3v) is 1.75. The van der Waals surface area contributed by atoms with Gasteiger partial charge in [-0.3, -0.25) is 4.79 Å². The molecular weight excluding hydrogens is 178 g/mol. The maximum absolute atomic E-state index is 11.1. The van der Waals surface area contributed by atoms with E-state index in [4.69, 9.17) is 18.4 Å². The largest absolute Gasteiger partial charge is 0.321 e. The fourth-order valence-corrected chi connectivity index (χ4v) is 0.998. The molecule has 0 unspecified atom stereocenters. The zero-order valence-electron chi connectivity index (χ0n) is 6.83. The second-order valence-corrected chi connectivity index (χ2v) is 4.66. The lowest BCUT2D eigenvalue weighted by molar-refractivity contribution is -0.120. The van der Waals surface area contributed by atoms with Crippen LogP contribution in [0.2, 0.25) is 0 Å². The number of hydrogen-bond acceptors (Lipinski definition) is 3. The van der Waals surface area contributed by atoms with Crippen LogP contribution in [0.3, 0.4) is 0 Å². The molecule has 0 aliphatic heterocycles. The van der Waals surface area contributed by atoms with Gasteiger partial charge < -0.3 is 5.73 Å². The summed E-state index contributed by atoms with van der Waals surface area (Å²) in [6.45, 7) is 3.68. The lowest BCUT2D eigenvalue weighted by Crippen LogP contribution is -2.35. The van der Waals surface area contributed by atoms with E-state index < -0.39 is 6.04 Å². The summed E-state index contributed by atoms with van der Waals surface area (Å²) >= 11 is 8.95. The molecule has 0 fully saturated rings. The zero-order valence-corrected chi connectivity index (χ0v) is 8.54. The SMILES string of the molecule is CC(C)([S])CC(=O)[C@@H](N)CS. The van der Waals surface area contributed by atoms with E-state index in [2.05, 4.69) is 12.6 Å². The highest BCUT2D eigenvalue weighted by Gasteiger charge is 2.21. The van der Waals surface area contributed by atoms with Crippen LogP contribution < -0.4 is 5.73 Å². The smallest absolute Gasteiger partial charge is 0.151 e. The molecule has 1 radical (unpaired) electrons. The topological polar surface area (TPSA) is 43.1 Å². The minimum atomic E-state index is -0.458. The predicted octanol–water partition coefficient (Wildman–Crippen LogP) is 1.18. The van der Waals surface area contributed by atoms with Crippen molar-refractivity contribution in [2.24, 2.45) is 5.73 Å². The van der Waals surface area contributed by atoms with Crippen molar-refractivity contribution < 1.29 is 4.79 Å². The molecule has 0 heterocycles. The van der Waals surface area contributed by atoms with E-state index in [1.807, 2.05) is 13.8 Å². The summed E-state index contributed by atoms with van der Waals surface area (Å²) in [7, 11) is 0. The van der Waals surface area contributed by atoms with Crippen molar-refractivity contribution in [2.45, 2.75) is 31.1 Å². The Hall–Kier alpha value is 0.330. The van der Waals surface area contributed by atoms with Gasteiger partial charge in [0.05, 0.1) is 6.04 Å². The third-order valence-electron chi connectivity index (χ3n) is 1.21. The normalized spacial score (nSPS) is 14.6. The highest BCUT2D eigenvalue weighted by atomic mass is 32.1. The molecule has 0 aromatic rings. The van der Waals surface area contributed by atoms with Crippen LogP contribution in [0.4, 0.5) is 0 Å². The van der Waals surface area contributed by atoms with Crippen molar-refractivity contribution in [3.05, 3.63) is 0 Å². The predicted molar refractivity (Wildman–Crippen MR) is 53.1 cm³/mol. The summed E-state index contributed by atoms with van der Waals surface area (Å²) in [6.07, 6.45) is 0.351. The molecule has 0 saturated heterocycles. The number of nitrogens with two attached hydrogens (primary N) is 1. The monoisotopic (exact) mass is 192 g/mol. The molecule has 0 rings (SSSR count). The minimum absolute atomic E-state index is 0. The zero-order chi connectivity index (χ0) is 9.07. The van der Waals surface area contributed by atoms with Crippen molar-refractivity contribution in [2.75, 3.05) is 5.75 Å². The fraction of sp³-hybridized carbons (Fsp3) is 0.857. The molecule has 0 spiro atoms. The van der Waals surface area contributed by atoms with Crippen LogP contribution >= 0.6 is 25.3 Å². The van der Waals surface area contributed by atoms with Gasteiger partial charge in [-0.1, -0.05) is 12.6 Å². The number of Topliss-reactive ketones (excluding diaryl/α,β-unsaturated/α-hetero) is 1. The van der Waals surface area contributed by atoms with Gasteiger partial charge in [0.2, 0.25) is 0 Å². The number of rotatable bonds is 4. The first-order valence-electron chi connectivity index (χ1n) is 3.46. The van der Waals surface area contributed by atoms with Gasteiger partial charge in [-0.25, -0.2) is 0 Å². The van der Waals surface area contributed by atoms with Crippen LogP contribution in [0.1, 0.15) is 20.3 Å². The minimum Gasteiger partial charge on any atom is -0.321 e. The maximum Gasteiger partial charge on any atom is 0.151 e. The molecule has 11 heavy (non-hydrogen) atoms. The molecule has 0 saturated carbocycles. The van der Waals surface area contributed by atoms with Crippen molar-refractivity contribution in [1.29, 1.82) is 0 Å². The first kappa shape index (κ1) is 11.3. The average molecular weight is 192 g/mol. The van der Waals surface area contributed by atoms with Gasteiger partial charge in [0, 0.05) is 16.9 Å². The molecule has 0 aromatic carbocycles. The van der Waals surface area contributed by atoms with Crippen LogP contribution in [0, 0.1) is 0 Å². The van der Waals surface area contributed by atoms with Gasteiger partial charge in [0.1, 0.15) is 0 Å². The Morgan fingerprint density at radius 1 is 1.73 bits per heavy atom. The van der Waals surface area contributed by atoms with E-state index in [0.717, 1.165) is 0 Å². The number of hydrogen-bond donors (Lipinski definition) is 2. The average Bonchev–Trinajstić information content (AvgIpc) is 1.82. The van der Waals surface area contributed by atoms with E-state index >= 15 is 0 Å². The summed E-state index contributed by atoms with van der Waals surface area (Å²) in [5.41, 5.74) is 5.45.